The zero-order valence-electron chi connectivity index (χ0n) is 9.80. The van der Waals surface area contributed by atoms with Crippen LogP contribution in [0.15, 0.2) is 24.8 Å². The maximum absolute atomic E-state index is 11.2. The number of hydrogen-bond donors (Lipinski definition) is 0. The Labute approximate surface area is 99.4 Å². The molecular formula is C12H15N3O2. The normalized spacial score (nSPS) is 10.6. The van der Waals surface area contributed by atoms with Crippen molar-refractivity contribution in [2.24, 2.45) is 0 Å². The fraction of sp³-hybridized carbons (Fsp3) is 0.417. The number of fused-ring (bicyclic) bond motifs is 1. The minimum Gasteiger partial charge on any atom is -0.466 e. The van der Waals surface area contributed by atoms with Gasteiger partial charge in [0.05, 0.1) is 30.2 Å². The van der Waals surface area contributed by atoms with Crippen molar-refractivity contribution in [2.45, 2.75) is 26.3 Å². The molecule has 5 heteroatoms. The molecule has 0 bridgehead atoms. The number of ether oxygens (including phenoxy) is 1. The van der Waals surface area contributed by atoms with Crippen molar-refractivity contribution >= 4 is 17.0 Å². The van der Waals surface area contributed by atoms with Crippen LogP contribution >= 0.6 is 0 Å². The lowest BCUT2D eigenvalue weighted by Gasteiger charge is -2.03. The van der Waals surface area contributed by atoms with Crippen molar-refractivity contribution in [1.29, 1.82) is 0 Å². The Bertz CT molecular complexity index is 507. The molecule has 0 aromatic carbocycles. The highest BCUT2D eigenvalue weighted by molar-refractivity contribution is 5.73. The summed E-state index contributed by atoms with van der Waals surface area (Å²) in [6.45, 7) is 3.00. The van der Waals surface area contributed by atoms with Crippen molar-refractivity contribution in [3.8, 4) is 0 Å². The number of pyridine rings is 1. The molecule has 0 aliphatic carbocycles. The molecule has 5 nitrogen and oxygen atoms in total. The third-order valence-corrected chi connectivity index (χ3v) is 2.51. The lowest BCUT2D eigenvalue weighted by Crippen LogP contribution is -2.06. The van der Waals surface area contributed by atoms with Crippen LogP contribution in [-0.2, 0) is 16.1 Å². The van der Waals surface area contributed by atoms with Crippen LogP contribution in [0.3, 0.4) is 0 Å². The maximum atomic E-state index is 11.2. The summed E-state index contributed by atoms with van der Waals surface area (Å²) < 4.78 is 6.87. The Hall–Kier alpha value is -1.91. The number of aromatic nitrogens is 3. The van der Waals surface area contributed by atoms with E-state index in [1.165, 1.54) is 0 Å². The van der Waals surface area contributed by atoms with E-state index in [1.54, 1.807) is 18.7 Å². The van der Waals surface area contributed by atoms with E-state index in [-0.39, 0.29) is 5.97 Å². The number of imidazole rings is 1. The molecule has 2 heterocycles. The van der Waals surface area contributed by atoms with Gasteiger partial charge in [-0.3, -0.25) is 9.78 Å². The largest absolute Gasteiger partial charge is 0.466 e. The highest BCUT2D eigenvalue weighted by atomic mass is 16.5. The molecule has 0 radical (unpaired) electrons. The molecule has 2 rings (SSSR count). The van der Waals surface area contributed by atoms with Gasteiger partial charge in [0.1, 0.15) is 0 Å². The summed E-state index contributed by atoms with van der Waals surface area (Å²) in [6, 6.07) is 1.87. The van der Waals surface area contributed by atoms with Crippen molar-refractivity contribution < 1.29 is 9.53 Å². The Kier molecular flexibility index (Phi) is 3.69. The molecule has 0 unspecified atom stereocenters. The molecule has 0 saturated carbocycles. The Balaban J connectivity index is 1.93. The fourth-order valence-electron chi connectivity index (χ4n) is 1.71. The van der Waals surface area contributed by atoms with Crippen LogP contribution in [0.25, 0.3) is 11.0 Å². The fourth-order valence-corrected chi connectivity index (χ4v) is 1.71. The average Bonchev–Trinajstić information content (AvgIpc) is 2.73. The summed E-state index contributed by atoms with van der Waals surface area (Å²) in [6.07, 6.45) is 6.47. The zero-order chi connectivity index (χ0) is 12.1. The third kappa shape index (κ3) is 2.81. The van der Waals surface area contributed by atoms with Gasteiger partial charge in [-0.2, -0.15) is 0 Å². The second-order valence-corrected chi connectivity index (χ2v) is 3.71. The number of hydrogen-bond acceptors (Lipinski definition) is 4. The zero-order valence-corrected chi connectivity index (χ0v) is 9.80. The van der Waals surface area contributed by atoms with Crippen LogP contribution in [0.1, 0.15) is 19.8 Å². The molecule has 0 atom stereocenters. The summed E-state index contributed by atoms with van der Waals surface area (Å²) in [5, 5.41) is 0. The highest BCUT2D eigenvalue weighted by Crippen LogP contribution is 2.11. The van der Waals surface area contributed by atoms with Crippen LogP contribution in [-0.4, -0.2) is 27.1 Å². The minimum atomic E-state index is -0.143. The smallest absolute Gasteiger partial charge is 0.305 e. The van der Waals surface area contributed by atoms with Gasteiger partial charge in [-0.05, 0) is 19.4 Å². The first kappa shape index (κ1) is 11.6. The van der Waals surface area contributed by atoms with E-state index in [2.05, 4.69) is 9.97 Å². The Morgan fingerprint density at radius 2 is 2.41 bits per heavy atom. The molecule has 90 valence electrons. The van der Waals surface area contributed by atoms with Crippen LogP contribution in [0.5, 0.6) is 0 Å². The number of carbonyl (C=O) groups is 1. The lowest BCUT2D eigenvalue weighted by molar-refractivity contribution is -0.143. The van der Waals surface area contributed by atoms with E-state index in [0.29, 0.717) is 13.0 Å². The van der Waals surface area contributed by atoms with Crippen molar-refractivity contribution in [3.63, 3.8) is 0 Å². The summed E-state index contributed by atoms with van der Waals surface area (Å²) in [7, 11) is 0. The summed E-state index contributed by atoms with van der Waals surface area (Å²) >= 11 is 0. The monoisotopic (exact) mass is 233 g/mol. The Morgan fingerprint density at radius 1 is 1.53 bits per heavy atom. The third-order valence-electron chi connectivity index (χ3n) is 2.51. The molecule has 0 aliphatic heterocycles. The molecule has 0 saturated heterocycles. The van der Waals surface area contributed by atoms with Crippen LogP contribution in [0.4, 0.5) is 0 Å². The quantitative estimate of drug-likeness (QED) is 0.738. The Morgan fingerprint density at radius 3 is 3.24 bits per heavy atom. The van der Waals surface area contributed by atoms with E-state index >= 15 is 0 Å². The standard InChI is InChI=1S/C12H15N3O2/c1-2-17-12(16)4-3-7-15-9-14-10-5-6-13-8-11(10)15/h5-6,8-9H,2-4,7H2,1H3. The van der Waals surface area contributed by atoms with Gasteiger partial charge in [-0.15, -0.1) is 0 Å². The van der Waals surface area contributed by atoms with Crippen LogP contribution in [0, 0.1) is 0 Å². The van der Waals surface area contributed by atoms with E-state index in [1.807, 2.05) is 17.6 Å². The SMILES string of the molecule is CCOC(=O)CCCn1cnc2ccncc21. The van der Waals surface area contributed by atoms with Gasteiger partial charge in [-0.25, -0.2) is 4.98 Å². The number of aryl methyl sites for hydroxylation is 1. The van der Waals surface area contributed by atoms with Gasteiger partial charge in [-0.1, -0.05) is 0 Å². The van der Waals surface area contributed by atoms with Gasteiger partial charge in [0, 0.05) is 19.2 Å². The van der Waals surface area contributed by atoms with Crippen molar-refractivity contribution in [1.82, 2.24) is 14.5 Å². The maximum Gasteiger partial charge on any atom is 0.305 e. The number of carbonyl (C=O) groups excluding carboxylic acids is 1. The van der Waals surface area contributed by atoms with Gasteiger partial charge < -0.3 is 9.30 Å². The number of rotatable bonds is 5. The molecule has 2 aromatic heterocycles. The molecular weight excluding hydrogens is 218 g/mol. The average molecular weight is 233 g/mol. The second kappa shape index (κ2) is 5.43. The molecule has 0 amide bonds. The first-order valence-electron chi connectivity index (χ1n) is 5.71. The first-order chi connectivity index (χ1) is 8.31. The predicted molar refractivity (Wildman–Crippen MR) is 63.4 cm³/mol. The van der Waals surface area contributed by atoms with Gasteiger partial charge >= 0.3 is 5.97 Å². The van der Waals surface area contributed by atoms with E-state index in [9.17, 15) is 4.79 Å². The molecule has 0 aliphatic rings. The van der Waals surface area contributed by atoms with E-state index in [0.717, 1.165) is 24.0 Å². The summed E-state index contributed by atoms with van der Waals surface area (Å²) in [5.41, 5.74) is 1.92. The summed E-state index contributed by atoms with van der Waals surface area (Å²) in [5.74, 6) is -0.143. The van der Waals surface area contributed by atoms with E-state index < -0.39 is 0 Å². The minimum absolute atomic E-state index is 0.143. The lowest BCUT2D eigenvalue weighted by atomic mass is 10.3. The molecule has 17 heavy (non-hydrogen) atoms. The van der Waals surface area contributed by atoms with Gasteiger partial charge in [0.25, 0.3) is 0 Å². The topological polar surface area (TPSA) is 57.0 Å². The second-order valence-electron chi connectivity index (χ2n) is 3.71. The molecule has 0 N–H and O–H groups in total. The number of esters is 1. The molecule has 0 fully saturated rings. The predicted octanol–water partition coefficient (Wildman–Crippen LogP) is 1.77. The first-order valence-corrected chi connectivity index (χ1v) is 5.71. The van der Waals surface area contributed by atoms with Crippen LogP contribution in [0.2, 0.25) is 0 Å². The van der Waals surface area contributed by atoms with Crippen molar-refractivity contribution in [2.75, 3.05) is 6.61 Å². The van der Waals surface area contributed by atoms with Crippen LogP contribution < -0.4 is 0 Å². The number of nitrogens with zero attached hydrogens (tertiary/aromatic N) is 3. The molecule has 0 spiro atoms. The van der Waals surface area contributed by atoms with E-state index in [4.69, 9.17) is 4.74 Å². The van der Waals surface area contributed by atoms with Gasteiger partial charge in [0.2, 0.25) is 0 Å². The highest BCUT2D eigenvalue weighted by Gasteiger charge is 2.04. The summed E-state index contributed by atoms with van der Waals surface area (Å²) in [4.78, 5) is 19.5. The van der Waals surface area contributed by atoms with Gasteiger partial charge in [0.15, 0.2) is 0 Å². The molecule has 2 aromatic rings. The van der Waals surface area contributed by atoms with Crippen molar-refractivity contribution in [3.05, 3.63) is 24.8 Å².